The van der Waals surface area contributed by atoms with Gasteiger partial charge in [0.1, 0.15) is 5.75 Å². The quantitative estimate of drug-likeness (QED) is 0.498. The first kappa shape index (κ1) is 21.6. The van der Waals surface area contributed by atoms with Crippen LogP contribution >= 0.6 is 0 Å². The summed E-state index contributed by atoms with van der Waals surface area (Å²) >= 11 is 0. The second-order valence-corrected chi connectivity index (χ2v) is 7.34. The smallest absolute Gasteiger partial charge is 0.307 e. The molecule has 158 valence electrons. The third-order valence-corrected chi connectivity index (χ3v) is 5.09. The molecule has 0 spiro atoms. The molecule has 1 aliphatic carbocycles. The fourth-order valence-electron chi connectivity index (χ4n) is 3.46. The van der Waals surface area contributed by atoms with Crippen molar-refractivity contribution in [3.63, 3.8) is 0 Å². The number of carbonyl (C=O) groups excluding carboxylic acids is 3. The van der Waals surface area contributed by atoms with Gasteiger partial charge < -0.3 is 14.8 Å². The molecule has 1 atom stereocenters. The maximum atomic E-state index is 12.4. The van der Waals surface area contributed by atoms with Crippen molar-refractivity contribution >= 4 is 23.3 Å². The molecule has 0 unspecified atom stereocenters. The number of esters is 1. The number of ketones is 1. The second kappa shape index (κ2) is 10.1. The van der Waals surface area contributed by atoms with Gasteiger partial charge in [0.05, 0.1) is 13.0 Å². The highest BCUT2D eigenvalue weighted by Gasteiger charge is 2.20. The van der Waals surface area contributed by atoms with Crippen LogP contribution in [-0.2, 0) is 27.2 Å². The van der Waals surface area contributed by atoms with E-state index in [2.05, 4.69) is 5.32 Å². The Kier molecular flexibility index (Phi) is 7.22. The first-order chi connectivity index (χ1) is 14.5. The predicted octanol–water partition coefficient (Wildman–Crippen LogP) is 4.11. The molecule has 1 aliphatic rings. The molecule has 0 bridgehead atoms. The summed E-state index contributed by atoms with van der Waals surface area (Å²) in [6.45, 7) is 3.96. The van der Waals surface area contributed by atoms with Gasteiger partial charge in [-0.05, 0) is 74.6 Å². The summed E-state index contributed by atoms with van der Waals surface area (Å²) in [5.74, 6) is -0.382. The van der Waals surface area contributed by atoms with E-state index in [9.17, 15) is 14.4 Å². The van der Waals surface area contributed by atoms with E-state index >= 15 is 0 Å². The van der Waals surface area contributed by atoms with Crippen molar-refractivity contribution in [1.29, 1.82) is 0 Å². The van der Waals surface area contributed by atoms with Crippen molar-refractivity contribution in [2.45, 2.75) is 52.1 Å². The van der Waals surface area contributed by atoms with Crippen LogP contribution in [-0.4, -0.2) is 30.4 Å². The van der Waals surface area contributed by atoms with E-state index in [-0.39, 0.29) is 18.6 Å². The Bertz CT molecular complexity index is 920. The maximum Gasteiger partial charge on any atom is 0.307 e. The molecule has 2 aromatic carbocycles. The van der Waals surface area contributed by atoms with E-state index in [0.29, 0.717) is 23.6 Å². The Morgan fingerprint density at radius 1 is 1.00 bits per heavy atom. The molecule has 0 aromatic heterocycles. The molecular weight excluding hydrogens is 382 g/mol. The summed E-state index contributed by atoms with van der Waals surface area (Å²) < 4.78 is 10.5. The molecule has 0 radical (unpaired) electrons. The molecule has 6 nitrogen and oxygen atoms in total. The van der Waals surface area contributed by atoms with Gasteiger partial charge in [-0.15, -0.1) is 0 Å². The summed E-state index contributed by atoms with van der Waals surface area (Å²) in [6.07, 6.45) is 2.22. The summed E-state index contributed by atoms with van der Waals surface area (Å²) in [6, 6.07) is 12.7. The van der Waals surface area contributed by atoms with Gasteiger partial charge in [0, 0.05) is 17.7 Å². The maximum absolute atomic E-state index is 12.4. The van der Waals surface area contributed by atoms with E-state index in [0.717, 1.165) is 19.3 Å². The molecule has 1 amide bonds. The number of benzene rings is 2. The molecule has 3 rings (SSSR count). The third-order valence-electron chi connectivity index (χ3n) is 5.09. The van der Waals surface area contributed by atoms with E-state index in [1.54, 1.807) is 24.3 Å². The van der Waals surface area contributed by atoms with Crippen LogP contribution in [0.2, 0.25) is 0 Å². The molecule has 0 saturated carbocycles. The zero-order valence-corrected chi connectivity index (χ0v) is 17.4. The van der Waals surface area contributed by atoms with Crippen LogP contribution in [0, 0.1) is 0 Å². The largest absolute Gasteiger partial charge is 0.494 e. The highest BCUT2D eigenvalue weighted by Crippen LogP contribution is 2.23. The van der Waals surface area contributed by atoms with Gasteiger partial charge in [-0.25, -0.2) is 0 Å². The van der Waals surface area contributed by atoms with Gasteiger partial charge in [0.15, 0.2) is 11.9 Å². The minimum Gasteiger partial charge on any atom is -0.494 e. The number of amides is 1. The van der Waals surface area contributed by atoms with Gasteiger partial charge in [0.2, 0.25) is 0 Å². The standard InChI is InChI=1S/C24H27NO5/c1-3-29-21-11-9-20(10-12-21)25-24(28)16(2)30-23(27)14-13-22(26)19-8-7-17-5-4-6-18(17)15-19/h7-12,15-16H,3-6,13-14H2,1-2H3,(H,25,28)/t16-/m0/s1. The van der Waals surface area contributed by atoms with Crippen molar-refractivity contribution in [2.24, 2.45) is 0 Å². The van der Waals surface area contributed by atoms with Gasteiger partial charge in [-0.1, -0.05) is 12.1 Å². The van der Waals surface area contributed by atoms with E-state index in [4.69, 9.17) is 9.47 Å². The number of rotatable bonds is 9. The molecular formula is C24H27NO5. The summed E-state index contributed by atoms with van der Waals surface area (Å²) in [5.41, 5.74) is 3.74. The molecule has 30 heavy (non-hydrogen) atoms. The van der Waals surface area contributed by atoms with Crippen LogP contribution in [0.25, 0.3) is 0 Å². The molecule has 0 aliphatic heterocycles. The van der Waals surface area contributed by atoms with Crippen LogP contribution in [0.4, 0.5) is 5.69 Å². The Balaban J connectivity index is 1.44. The number of anilines is 1. The Morgan fingerprint density at radius 3 is 2.47 bits per heavy atom. The van der Waals surface area contributed by atoms with Gasteiger partial charge >= 0.3 is 5.97 Å². The normalized spacial score (nSPS) is 13.3. The minimum atomic E-state index is -0.959. The van der Waals surface area contributed by atoms with Crippen LogP contribution in [0.15, 0.2) is 42.5 Å². The molecule has 2 aromatic rings. The van der Waals surface area contributed by atoms with Crippen LogP contribution in [0.1, 0.15) is 54.6 Å². The van der Waals surface area contributed by atoms with E-state index in [1.807, 2.05) is 25.1 Å². The Labute approximate surface area is 176 Å². The summed E-state index contributed by atoms with van der Waals surface area (Å²) in [5, 5.41) is 2.69. The minimum absolute atomic E-state index is 0.0589. The fourth-order valence-corrected chi connectivity index (χ4v) is 3.46. The Hall–Kier alpha value is -3.15. The topological polar surface area (TPSA) is 81.7 Å². The zero-order valence-electron chi connectivity index (χ0n) is 17.4. The lowest BCUT2D eigenvalue weighted by atomic mass is 10.0. The average molecular weight is 409 g/mol. The summed E-state index contributed by atoms with van der Waals surface area (Å²) in [4.78, 5) is 36.7. The summed E-state index contributed by atoms with van der Waals surface area (Å²) in [7, 11) is 0. The van der Waals surface area contributed by atoms with Crippen molar-refractivity contribution in [3.05, 3.63) is 59.2 Å². The second-order valence-electron chi connectivity index (χ2n) is 7.34. The van der Waals surface area contributed by atoms with Crippen LogP contribution < -0.4 is 10.1 Å². The Morgan fingerprint density at radius 2 is 1.73 bits per heavy atom. The number of carbonyl (C=O) groups is 3. The number of aryl methyl sites for hydroxylation is 2. The highest BCUT2D eigenvalue weighted by molar-refractivity contribution is 5.98. The molecule has 0 saturated heterocycles. The monoisotopic (exact) mass is 409 g/mol. The predicted molar refractivity (Wildman–Crippen MR) is 114 cm³/mol. The lowest BCUT2D eigenvalue weighted by Gasteiger charge is -2.14. The van der Waals surface area contributed by atoms with Crippen molar-refractivity contribution < 1.29 is 23.9 Å². The number of nitrogens with one attached hydrogen (secondary N) is 1. The van der Waals surface area contributed by atoms with Crippen molar-refractivity contribution in [3.8, 4) is 5.75 Å². The van der Waals surface area contributed by atoms with Crippen LogP contribution in [0.3, 0.4) is 0 Å². The van der Waals surface area contributed by atoms with Gasteiger partial charge in [-0.2, -0.15) is 0 Å². The lowest BCUT2D eigenvalue weighted by Crippen LogP contribution is -2.30. The molecule has 1 N–H and O–H groups in total. The number of hydrogen-bond donors (Lipinski definition) is 1. The number of hydrogen-bond acceptors (Lipinski definition) is 5. The van der Waals surface area contributed by atoms with E-state index < -0.39 is 18.0 Å². The number of fused-ring (bicyclic) bond motifs is 1. The molecule has 0 fully saturated rings. The van der Waals surface area contributed by atoms with E-state index in [1.165, 1.54) is 18.1 Å². The average Bonchev–Trinajstić information content (AvgIpc) is 3.21. The number of Topliss-reactive ketones (excluding diaryl/α,β-unsaturated/α-hetero) is 1. The number of ether oxygens (including phenoxy) is 2. The fraction of sp³-hybridized carbons (Fsp3) is 0.375. The van der Waals surface area contributed by atoms with Gasteiger partial charge in [-0.3, -0.25) is 14.4 Å². The SMILES string of the molecule is CCOc1ccc(NC(=O)[C@H](C)OC(=O)CCC(=O)c2ccc3c(c2)CCC3)cc1. The van der Waals surface area contributed by atoms with Crippen LogP contribution in [0.5, 0.6) is 5.75 Å². The lowest BCUT2D eigenvalue weighted by molar-refractivity contribution is -0.153. The van der Waals surface area contributed by atoms with Crippen molar-refractivity contribution in [1.82, 2.24) is 0 Å². The van der Waals surface area contributed by atoms with Crippen molar-refractivity contribution in [2.75, 3.05) is 11.9 Å². The van der Waals surface area contributed by atoms with Gasteiger partial charge in [0.25, 0.3) is 5.91 Å². The first-order valence-electron chi connectivity index (χ1n) is 10.3. The first-order valence-corrected chi connectivity index (χ1v) is 10.3. The highest BCUT2D eigenvalue weighted by atomic mass is 16.5. The zero-order chi connectivity index (χ0) is 21.5. The molecule has 0 heterocycles. The third kappa shape index (κ3) is 5.69. The molecule has 6 heteroatoms.